The van der Waals surface area contributed by atoms with Gasteiger partial charge in [-0.05, 0) is 51.4 Å². The summed E-state index contributed by atoms with van der Waals surface area (Å²) in [6.45, 7) is 4.87. The molecule has 0 bridgehead atoms. The standard InChI is InChI=1S/C24H34N4O3S/c1-16-20-21(17-5-3-2-4-6-17)22(25-15-29)32-24(20)28(26-16)19-9-7-18(8-10-19)23(30)27-11-13-31-14-12-27/h15,17-19H,2-14H2,1H3,(H,25,29). The molecule has 2 saturated carbocycles. The first-order valence-corrected chi connectivity index (χ1v) is 13.1. The minimum Gasteiger partial charge on any atom is -0.378 e. The zero-order chi connectivity index (χ0) is 22.1. The van der Waals surface area contributed by atoms with Crippen LogP contribution in [0.25, 0.3) is 10.2 Å². The maximum atomic E-state index is 12.9. The molecule has 7 nitrogen and oxygen atoms in total. The normalized spacial score (nSPS) is 25.2. The number of carbonyl (C=O) groups is 2. The molecule has 0 spiro atoms. The van der Waals surface area contributed by atoms with Gasteiger partial charge in [0.2, 0.25) is 12.3 Å². The third-order valence-electron chi connectivity index (χ3n) is 7.67. The molecule has 3 aliphatic rings. The van der Waals surface area contributed by atoms with E-state index in [1.54, 1.807) is 11.3 Å². The zero-order valence-corrected chi connectivity index (χ0v) is 19.8. The second-order valence-electron chi connectivity index (χ2n) is 9.60. The minimum absolute atomic E-state index is 0.130. The summed E-state index contributed by atoms with van der Waals surface area (Å²) in [5, 5.41) is 10.3. The number of nitrogens with one attached hydrogen (secondary N) is 1. The Kier molecular flexibility index (Phi) is 6.51. The van der Waals surface area contributed by atoms with Crippen LogP contribution in [-0.4, -0.2) is 53.3 Å². The van der Waals surface area contributed by atoms with E-state index in [-0.39, 0.29) is 5.92 Å². The Balaban J connectivity index is 1.37. The molecule has 32 heavy (non-hydrogen) atoms. The number of nitrogens with zero attached hydrogens (tertiary/aromatic N) is 3. The molecular weight excluding hydrogens is 424 g/mol. The van der Waals surface area contributed by atoms with Gasteiger partial charge >= 0.3 is 0 Å². The molecule has 8 heteroatoms. The average molecular weight is 459 g/mol. The summed E-state index contributed by atoms with van der Waals surface area (Å²) in [6, 6.07) is 0.321. The first-order valence-electron chi connectivity index (χ1n) is 12.3. The molecule has 0 radical (unpaired) electrons. The van der Waals surface area contributed by atoms with Crippen molar-refractivity contribution in [3.8, 4) is 0 Å². The lowest BCUT2D eigenvalue weighted by Crippen LogP contribution is -2.44. The van der Waals surface area contributed by atoms with Gasteiger partial charge in [-0.2, -0.15) is 5.10 Å². The molecule has 0 atom stereocenters. The van der Waals surface area contributed by atoms with Crippen molar-refractivity contribution in [3.05, 3.63) is 11.3 Å². The Labute approximate surface area is 193 Å². The van der Waals surface area contributed by atoms with E-state index in [4.69, 9.17) is 9.84 Å². The van der Waals surface area contributed by atoms with Crippen LogP contribution in [0.15, 0.2) is 0 Å². The number of morpholine rings is 1. The number of thiophene rings is 1. The second kappa shape index (κ2) is 9.51. The average Bonchev–Trinajstić information content (AvgIpc) is 3.37. The third kappa shape index (κ3) is 4.07. The van der Waals surface area contributed by atoms with Gasteiger partial charge in [-0.1, -0.05) is 30.6 Å². The number of carbonyl (C=O) groups excluding carboxylic acids is 2. The van der Waals surface area contributed by atoms with Gasteiger partial charge in [0.05, 0.1) is 24.9 Å². The van der Waals surface area contributed by atoms with Crippen molar-refractivity contribution in [3.63, 3.8) is 0 Å². The first kappa shape index (κ1) is 21.9. The Morgan fingerprint density at radius 2 is 1.81 bits per heavy atom. The van der Waals surface area contributed by atoms with Crippen LogP contribution in [-0.2, 0) is 14.3 Å². The lowest BCUT2D eigenvalue weighted by molar-refractivity contribution is -0.140. The molecule has 3 fully saturated rings. The van der Waals surface area contributed by atoms with Crippen molar-refractivity contribution in [2.75, 3.05) is 31.6 Å². The van der Waals surface area contributed by atoms with Crippen molar-refractivity contribution < 1.29 is 14.3 Å². The van der Waals surface area contributed by atoms with Crippen LogP contribution in [0.4, 0.5) is 5.00 Å². The number of rotatable bonds is 5. The number of aromatic nitrogens is 2. The smallest absolute Gasteiger partial charge is 0.225 e. The van der Waals surface area contributed by atoms with E-state index in [0.29, 0.717) is 31.1 Å². The van der Waals surface area contributed by atoms with Crippen LogP contribution in [0.1, 0.15) is 81.0 Å². The summed E-state index contributed by atoms with van der Waals surface area (Å²) < 4.78 is 7.61. The lowest BCUT2D eigenvalue weighted by atomic mass is 9.83. The Bertz CT molecular complexity index is 964. The zero-order valence-electron chi connectivity index (χ0n) is 19.0. The fourth-order valence-electron chi connectivity index (χ4n) is 6.00. The predicted molar refractivity (Wildman–Crippen MR) is 126 cm³/mol. The predicted octanol–water partition coefficient (Wildman–Crippen LogP) is 4.61. The molecule has 1 N–H and O–H groups in total. The highest BCUT2D eigenvalue weighted by molar-refractivity contribution is 7.22. The van der Waals surface area contributed by atoms with E-state index in [0.717, 1.165) is 55.9 Å². The van der Waals surface area contributed by atoms with Gasteiger partial charge in [0.25, 0.3) is 0 Å². The second-order valence-corrected chi connectivity index (χ2v) is 10.6. The molecular formula is C24H34N4O3S. The molecule has 174 valence electrons. The fraction of sp³-hybridized carbons (Fsp3) is 0.708. The third-order valence-corrected chi connectivity index (χ3v) is 8.80. The molecule has 2 amide bonds. The maximum absolute atomic E-state index is 12.9. The summed E-state index contributed by atoms with van der Waals surface area (Å²) in [4.78, 5) is 27.4. The number of anilines is 1. The van der Waals surface area contributed by atoms with Crippen LogP contribution < -0.4 is 5.32 Å². The van der Waals surface area contributed by atoms with E-state index in [1.807, 2.05) is 4.90 Å². The molecule has 2 aromatic heterocycles. The fourth-order valence-corrected chi connectivity index (χ4v) is 7.32. The number of aryl methyl sites for hydroxylation is 1. The largest absolute Gasteiger partial charge is 0.378 e. The number of hydrogen-bond acceptors (Lipinski definition) is 5. The van der Waals surface area contributed by atoms with Crippen molar-refractivity contribution >= 4 is 38.9 Å². The first-order chi connectivity index (χ1) is 15.7. The molecule has 1 aliphatic heterocycles. The molecule has 2 aromatic rings. The van der Waals surface area contributed by atoms with E-state index in [1.165, 1.54) is 47.9 Å². The van der Waals surface area contributed by atoms with Crippen LogP contribution in [0, 0.1) is 12.8 Å². The highest BCUT2D eigenvalue weighted by Crippen LogP contribution is 2.48. The molecule has 0 aromatic carbocycles. The van der Waals surface area contributed by atoms with Crippen LogP contribution >= 0.6 is 11.3 Å². The molecule has 3 heterocycles. The van der Waals surface area contributed by atoms with Crippen molar-refractivity contribution in [1.82, 2.24) is 14.7 Å². The summed E-state index contributed by atoms with van der Waals surface area (Å²) >= 11 is 1.68. The Hall–Kier alpha value is -1.93. The van der Waals surface area contributed by atoms with Crippen LogP contribution in [0.5, 0.6) is 0 Å². The summed E-state index contributed by atoms with van der Waals surface area (Å²) in [7, 11) is 0. The van der Waals surface area contributed by atoms with Crippen LogP contribution in [0.2, 0.25) is 0 Å². The lowest BCUT2D eigenvalue weighted by Gasteiger charge is -2.34. The summed E-state index contributed by atoms with van der Waals surface area (Å²) in [5.41, 5.74) is 2.39. The van der Waals surface area contributed by atoms with E-state index >= 15 is 0 Å². The van der Waals surface area contributed by atoms with E-state index in [9.17, 15) is 9.59 Å². The van der Waals surface area contributed by atoms with Crippen molar-refractivity contribution in [1.29, 1.82) is 0 Å². The van der Waals surface area contributed by atoms with Gasteiger partial charge in [0.15, 0.2) is 0 Å². The number of hydrogen-bond donors (Lipinski definition) is 1. The maximum Gasteiger partial charge on any atom is 0.225 e. The van der Waals surface area contributed by atoms with Crippen LogP contribution in [0.3, 0.4) is 0 Å². The van der Waals surface area contributed by atoms with E-state index < -0.39 is 0 Å². The quantitative estimate of drug-likeness (QED) is 0.664. The summed E-state index contributed by atoms with van der Waals surface area (Å²) in [6.07, 6.45) is 10.8. The van der Waals surface area contributed by atoms with E-state index in [2.05, 4.69) is 16.9 Å². The highest BCUT2D eigenvalue weighted by Gasteiger charge is 2.33. The number of fused-ring (bicyclic) bond motifs is 1. The van der Waals surface area contributed by atoms with Gasteiger partial charge in [-0.15, -0.1) is 0 Å². The summed E-state index contributed by atoms with van der Waals surface area (Å²) in [5.74, 6) is 0.949. The number of ether oxygens (including phenoxy) is 1. The van der Waals surface area contributed by atoms with Gasteiger partial charge in [0, 0.05) is 30.0 Å². The molecule has 1 saturated heterocycles. The Morgan fingerprint density at radius 3 is 2.50 bits per heavy atom. The van der Waals surface area contributed by atoms with Gasteiger partial charge in [-0.25, -0.2) is 0 Å². The SMILES string of the molecule is Cc1nn(C2CCC(C(=O)N3CCOCC3)CC2)c2sc(NC=O)c(C3CCCCC3)c12. The minimum atomic E-state index is 0.130. The highest BCUT2D eigenvalue weighted by atomic mass is 32.1. The van der Waals surface area contributed by atoms with Gasteiger partial charge in [-0.3, -0.25) is 14.3 Å². The van der Waals surface area contributed by atoms with Gasteiger partial charge < -0.3 is 15.0 Å². The van der Waals surface area contributed by atoms with Gasteiger partial charge in [0.1, 0.15) is 9.83 Å². The molecule has 5 rings (SSSR count). The van der Waals surface area contributed by atoms with Crippen molar-refractivity contribution in [2.45, 2.75) is 76.7 Å². The Morgan fingerprint density at radius 1 is 1.09 bits per heavy atom. The molecule has 2 aliphatic carbocycles. The van der Waals surface area contributed by atoms with Crippen molar-refractivity contribution in [2.24, 2.45) is 5.92 Å². The number of amides is 2. The molecule has 0 unspecified atom stereocenters. The topological polar surface area (TPSA) is 76.5 Å². The monoisotopic (exact) mass is 458 g/mol.